The maximum absolute atomic E-state index is 11.5. The monoisotopic (exact) mass is 242 g/mol. The molecule has 1 saturated carbocycles. The van der Waals surface area contributed by atoms with Crippen LogP contribution in [0.1, 0.15) is 40.0 Å². The molecule has 0 aromatic rings. The third kappa shape index (κ3) is 4.64. The Hall–Kier alpha value is -0.610. The van der Waals surface area contributed by atoms with E-state index in [0.717, 1.165) is 13.1 Å². The maximum atomic E-state index is 11.5. The molecule has 0 saturated heterocycles. The Morgan fingerprint density at radius 1 is 1.53 bits per heavy atom. The van der Waals surface area contributed by atoms with Crippen LogP contribution < -0.4 is 5.73 Å². The molecule has 0 amide bonds. The van der Waals surface area contributed by atoms with Crippen LogP contribution in [0.25, 0.3) is 0 Å². The molecular formula is C13H26N2O2. The summed E-state index contributed by atoms with van der Waals surface area (Å²) in [6.07, 6.45) is 3.22. The van der Waals surface area contributed by atoms with Crippen LogP contribution in [0, 0.1) is 5.92 Å². The minimum Gasteiger partial charge on any atom is -0.468 e. The Morgan fingerprint density at radius 3 is 2.53 bits per heavy atom. The number of esters is 1. The lowest BCUT2D eigenvalue weighted by atomic mass is 9.99. The van der Waals surface area contributed by atoms with Crippen LogP contribution in [0.4, 0.5) is 0 Å². The fourth-order valence-electron chi connectivity index (χ4n) is 2.04. The second-order valence-corrected chi connectivity index (χ2v) is 5.78. The fraction of sp³-hybridized carbons (Fsp3) is 0.923. The highest BCUT2D eigenvalue weighted by Gasteiger charge is 2.33. The summed E-state index contributed by atoms with van der Waals surface area (Å²) in [6.45, 7) is 8.15. The summed E-state index contributed by atoms with van der Waals surface area (Å²) in [5.74, 6) is 0.329. The number of hydrogen-bond donors (Lipinski definition) is 1. The quantitative estimate of drug-likeness (QED) is 0.685. The molecule has 1 rings (SSSR count). The van der Waals surface area contributed by atoms with Crippen LogP contribution >= 0.6 is 0 Å². The zero-order chi connectivity index (χ0) is 13.1. The van der Waals surface area contributed by atoms with Crippen molar-refractivity contribution in [3.63, 3.8) is 0 Å². The summed E-state index contributed by atoms with van der Waals surface area (Å²) >= 11 is 0. The lowest BCUT2D eigenvalue weighted by Gasteiger charge is -2.28. The molecule has 100 valence electrons. The number of hydrogen-bond acceptors (Lipinski definition) is 4. The molecule has 0 aromatic carbocycles. The van der Waals surface area contributed by atoms with Gasteiger partial charge in [-0.3, -0.25) is 4.79 Å². The van der Waals surface area contributed by atoms with Crippen molar-refractivity contribution in [1.82, 2.24) is 4.90 Å². The second-order valence-electron chi connectivity index (χ2n) is 5.78. The highest BCUT2D eigenvalue weighted by molar-refractivity contribution is 5.79. The molecule has 0 radical (unpaired) electrons. The molecule has 1 atom stereocenters. The van der Waals surface area contributed by atoms with Gasteiger partial charge in [0.05, 0.1) is 7.11 Å². The smallest absolute Gasteiger partial charge is 0.325 e. The molecule has 4 nitrogen and oxygen atoms in total. The first kappa shape index (κ1) is 14.5. The van der Waals surface area contributed by atoms with E-state index in [1.807, 2.05) is 0 Å². The highest BCUT2D eigenvalue weighted by atomic mass is 16.5. The van der Waals surface area contributed by atoms with Crippen LogP contribution in [-0.4, -0.2) is 42.6 Å². The molecule has 2 N–H and O–H groups in total. The second kappa shape index (κ2) is 5.83. The maximum Gasteiger partial charge on any atom is 0.325 e. The Balaban J connectivity index is 2.43. The average Bonchev–Trinajstić information content (AvgIpc) is 3.06. The van der Waals surface area contributed by atoms with Crippen LogP contribution in [-0.2, 0) is 9.53 Å². The van der Waals surface area contributed by atoms with Crippen molar-refractivity contribution < 1.29 is 9.53 Å². The number of methoxy groups -OCH3 is 1. The van der Waals surface area contributed by atoms with Gasteiger partial charge < -0.3 is 15.4 Å². The van der Waals surface area contributed by atoms with E-state index < -0.39 is 5.54 Å². The third-order valence-corrected chi connectivity index (χ3v) is 3.23. The summed E-state index contributed by atoms with van der Waals surface area (Å²) < 4.78 is 4.72. The molecule has 4 heteroatoms. The Morgan fingerprint density at radius 2 is 2.12 bits per heavy atom. The van der Waals surface area contributed by atoms with Crippen molar-refractivity contribution in [2.24, 2.45) is 11.7 Å². The fourth-order valence-corrected chi connectivity index (χ4v) is 2.04. The summed E-state index contributed by atoms with van der Waals surface area (Å²) in [5, 5.41) is 0. The molecule has 1 unspecified atom stereocenters. The van der Waals surface area contributed by atoms with Gasteiger partial charge in [0.25, 0.3) is 0 Å². The van der Waals surface area contributed by atoms with Gasteiger partial charge in [0.2, 0.25) is 0 Å². The first-order valence-electron chi connectivity index (χ1n) is 6.48. The molecule has 0 aliphatic heterocycles. The summed E-state index contributed by atoms with van der Waals surface area (Å²) in [6, 6.07) is 0.714. The number of nitrogens with zero attached hydrogens (tertiary/aromatic N) is 1. The van der Waals surface area contributed by atoms with E-state index in [4.69, 9.17) is 10.5 Å². The Bertz CT molecular complexity index is 260. The Labute approximate surface area is 104 Å². The first-order chi connectivity index (χ1) is 7.86. The molecule has 0 bridgehead atoms. The van der Waals surface area contributed by atoms with E-state index in [1.165, 1.54) is 20.0 Å². The number of nitrogens with two attached hydrogens (primary N) is 1. The average molecular weight is 242 g/mol. The lowest BCUT2D eigenvalue weighted by molar-refractivity contribution is -0.146. The van der Waals surface area contributed by atoms with Crippen LogP contribution in [0.5, 0.6) is 0 Å². The standard InChI is InChI=1S/C13H26N2O2/c1-10(2)9-15(11-5-6-11)8-7-13(3,14)12(16)17-4/h10-11H,5-9,14H2,1-4H3. The highest BCUT2D eigenvalue weighted by Crippen LogP contribution is 2.28. The predicted octanol–water partition coefficient (Wildman–Crippen LogP) is 1.39. The van der Waals surface area contributed by atoms with Crippen LogP contribution in [0.2, 0.25) is 0 Å². The molecule has 1 fully saturated rings. The third-order valence-electron chi connectivity index (χ3n) is 3.23. The molecule has 0 heterocycles. The van der Waals surface area contributed by atoms with Gasteiger partial charge in [0, 0.05) is 19.1 Å². The summed E-state index contributed by atoms with van der Waals surface area (Å²) in [4.78, 5) is 13.9. The molecule has 17 heavy (non-hydrogen) atoms. The van der Waals surface area contributed by atoms with Gasteiger partial charge >= 0.3 is 5.97 Å². The van der Waals surface area contributed by atoms with Gasteiger partial charge in [-0.1, -0.05) is 13.8 Å². The van der Waals surface area contributed by atoms with Crippen LogP contribution in [0.3, 0.4) is 0 Å². The predicted molar refractivity (Wildman–Crippen MR) is 68.7 cm³/mol. The van der Waals surface area contributed by atoms with E-state index in [0.29, 0.717) is 18.4 Å². The topological polar surface area (TPSA) is 55.6 Å². The van der Waals surface area contributed by atoms with Crippen LogP contribution in [0.15, 0.2) is 0 Å². The van der Waals surface area contributed by atoms with Gasteiger partial charge in [-0.25, -0.2) is 0 Å². The summed E-state index contributed by atoms with van der Waals surface area (Å²) in [7, 11) is 1.39. The zero-order valence-corrected chi connectivity index (χ0v) is 11.5. The van der Waals surface area contributed by atoms with Crippen molar-refractivity contribution >= 4 is 5.97 Å². The van der Waals surface area contributed by atoms with Crippen molar-refractivity contribution in [2.45, 2.75) is 51.6 Å². The normalized spacial score (nSPS) is 19.5. The number of carbonyl (C=O) groups is 1. The largest absolute Gasteiger partial charge is 0.468 e. The van der Waals surface area contributed by atoms with Gasteiger partial charge in [0.1, 0.15) is 5.54 Å². The molecule has 1 aliphatic carbocycles. The zero-order valence-electron chi connectivity index (χ0n) is 11.5. The SMILES string of the molecule is COC(=O)C(C)(N)CCN(CC(C)C)C1CC1. The molecule has 1 aliphatic rings. The summed E-state index contributed by atoms with van der Waals surface area (Å²) in [5.41, 5.74) is 5.11. The van der Waals surface area contributed by atoms with E-state index >= 15 is 0 Å². The minimum absolute atomic E-state index is 0.321. The van der Waals surface area contributed by atoms with E-state index in [-0.39, 0.29) is 5.97 Å². The van der Waals surface area contributed by atoms with E-state index in [9.17, 15) is 4.79 Å². The number of carbonyl (C=O) groups excluding carboxylic acids is 1. The van der Waals surface area contributed by atoms with Crippen molar-refractivity contribution in [3.8, 4) is 0 Å². The van der Waals surface area contributed by atoms with Crippen molar-refractivity contribution in [2.75, 3.05) is 20.2 Å². The minimum atomic E-state index is -0.862. The van der Waals surface area contributed by atoms with Gasteiger partial charge in [0.15, 0.2) is 0 Å². The molecule has 0 aromatic heterocycles. The Kier molecular flexibility index (Phi) is 4.95. The van der Waals surface area contributed by atoms with E-state index in [1.54, 1.807) is 6.92 Å². The van der Waals surface area contributed by atoms with Gasteiger partial charge in [-0.05, 0) is 32.1 Å². The van der Waals surface area contributed by atoms with Gasteiger partial charge in [-0.2, -0.15) is 0 Å². The van der Waals surface area contributed by atoms with Crippen molar-refractivity contribution in [3.05, 3.63) is 0 Å². The van der Waals surface area contributed by atoms with E-state index in [2.05, 4.69) is 18.7 Å². The molecular weight excluding hydrogens is 216 g/mol. The number of ether oxygens (including phenoxy) is 1. The lowest BCUT2D eigenvalue weighted by Crippen LogP contribution is -2.48. The van der Waals surface area contributed by atoms with Crippen molar-refractivity contribution in [1.29, 1.82) is 0 Å². The molecule has 0 spiro atoms. The first-order valence-corrected chi connectivity index (χ1v) is 6.48. The number of rotatable bonds is 7. The van der Waals surface area contributed by atoms with Gasteiger partial charge in [-0.15, -0.1) is 0 Å².